The number of hydrogen-bond donors (Lipinski definition) is 0. The molecular formula is C9H4Cl3N3O3. The molecular weight excluding hydrogens is 304 g/mol. The molecule has 2 aromatic rings. The second-order valence-corrected chi connectivity index (χ2v) is 5.51. The minimum atomic E-state index is -1.80. The van der Waals surface area contributed by atoms with Crippen molar-refractivity contribution in [3.63, 3.8) is 0 Å². The van der Waals surface area contributed by atoms with E-state index in [0.29, 0.717) is 5.56 Å². The third-order valence-electron chi connectivity index (χ3n) is 2.00. The highest BCUT2D eigenvalue weighted by Gasteiger charge is 2.30. The molecule has 6 nitrogen and oxygen atoms in total. The van der Waals surface area contributed by atoms with E-state index in [-0.39, 0.29) is 17.4 Å². The summed E-state index contributed by atoms with van der Waals surface area (Å²) in [6, 6.07) is 5.59. The van der Waals surface area contributed by atoms with Gasteiger partial charge in [0, 0.05) is 17.7 Å². The molecule has 0 amide bonds. The standard InChI is InChI=1S/C9H4Cl3N3O3/c10-9(11,12)8-13-7(14-18-8)5-1-3-6(4-2-5)15(16)17/h1-4H. The number of halogens is 3. The number of nitro benzene ring substituents is 1. The molecule has 0 saturated carbocycles. The molecule has 9 heteroatoms. The van der Waals surface area contributed by atoms with Gasteiger partial charge in [0.2, 0.25) is 5.82 Å². The Labute approximate surface area is 116 Å². The third-order valence-corrected chi connectivity index (χ3v) is 2.49. The van der Waals surface area contributed by atoms with Gasteiger partial charge >= 0.3 is 0 Å². The molecule has 0 atom stereocenters. The van der Waals surface area contributed by atoms with E-state index in [4.69, 9.17) is 39.3 Å². The molecule has 2 rings (SSSR count). The largest absolute Gasteiger partial charge is 0.334 e. The summed E-state index contributed by atoms with van der Waals surface area (Å²) in [6.45, 7) is 0. The van der Waals surface area contributed by atoms with Crippen LogP contribution in [-0.2, 0) is 3.79 Å². The second-order valence-electron chi connectivity index (χ2n) is 3.22. The fourth-order valence-corrected chi connectivity index (χ4v) is 1.42. The van der Waals surface area contributed by atoms with Crippen LogP contribution in [0, 0.1) is 10.1 Å². The lowest BCUT2D eigenvalue weighted by Crippen LogP contribution is -1.99. The number of nitro groups is 1. The summed E-state index contributed by atoms with van der Waals surface area (Å²) in [7, 11) is 0. The Balaban J connectivity index is 2.32. The summed E-state index contributed by atoms with van der Waals surface area (Å²) in [6.07, 6.45) is 0. The van der Waals surface area contributed by atoms with Gasteiger partial charge in [0.1, 0.15) is 0 Å². The second kappa shape index (κ2) is 4.72. The Morgan fingerprint density at radius 2 is 1.83 bits per heavy atom. The maximum atomic E-state index is 10.5. The first-order chi connectivity index (χ1) is 8.38. The number of rotatable bonds is 2. The van der Waals surface area contributed by atoms with Crippen LogP contribution in [0.1, 0.15) is 5.89 Å². The molecule has 1 aromatic heterocycles. The van der Waals surface area contributed by atoms with Crippen LogP contribution in [0.25, 0.3) is 11.4 Å². The lowest BCUT2D eigenvalue weighted by atomic mass is 10.2. The Morgan fingerprint density at radius 1 is 1.22 bits per heavy atom. The molecule has 0 bridgehead atoms. The first-order valence-electron chi connectivity index (χ1n) is 4.53. The predicted molar refractivity (Wildman–Crippen MR) is 65.6 cm³/mol. The van der Waals surface area contributed by atoms with Gasteiger partial charge in [-0.05, 0) is 12.1 Å². The SMILES string of the molecule is O=[N+]([O-])c1ccc(-c2noc(C(Cl)(Cl)Cl)n2)cc1. The molecule has 0 aliphatic carbocycles. The van der Waals surface area contributed by atoms with Crippen molar-refractivity contribution in [2.75, 3.05) is 0 Å². The Morgan fingerprint density at radius 3 is 2.28 bits per heavy atom. The number of hydrogen-bond acceptors (Lipinski definition) is 5. The van der Waals surface area contributed by atoms with E-state index in [0.717, 1.165) is 0 Å². The molecule has 1 aromatic carbocycles. The predicted octanol–water partition coefficient (Wildman–Crippen LogP) is 3.47. The highest BCUT2D eigenvalue weighted by Crippen LogP contribution is 2.37. The zero-order valence-corrected chi connectivity index (χ0v) is 10.8. The summed E-state index contributed by atoms with van der Waals surface area (Å²) < 4.78 is 2.97. The highest BCUT2D eigenvalue weighted by molar-refractivity contribution is 6.66. The van der Waals surface area contributed by atoms with Crippen LogP contribution in [0.4, 0.5) is 5.69 Å². The van der Waals surface area contributed by atoms with Gasteiger partial charge in [0.25, 0.3) is 15.4 Å². The summed E-state index contributed by atoms with van der Waals surface area (Å²) in [4.78, 5) is 13.9. The number of nitrogens with zero attached hydrogens (tertiary/aromatic N) is 3. The van der Waals surface area contributed by atoms with Crippen molar-refractivity contribution < 1.29 is 9.45 Å². The number of aromatic nitrogens is 2. The first kappa shape index (κ1) is 13.1. The lowest BCUT2D eigenvalue weighted by Gasteiger charge is -2.01. The van der Waals surface area contributed by atoms with E-state index in [9.17, 15) is 10.1 Å². The lowest BCUT2D eigenvalue weighted by molar-refractivity contribution is -0.384. The van der Waals surface area contributed by atoms with Crippen molar-refractivity contribution in [3.05, 3.63) is 40.3 Å². The van der Waals surface area contributed by atoms with E-state index in [2.05, 4.69) is 10.1 Å². The molecule has 0 N–H and O–H groups in total. The smallest absolute Gasteiger partial charge is 0.279 e. The molecule has 0 spiro atoms. The molecule has 18 heavy (non-hydrogen) atoms. The quantitative estimate of drug-likeness (QED) is 0.482. The van der Waals surface area contributed by atoms with Crippen molar-refractivity contribution in [2.45, 2.75) is 3.79 Å². The van der Waals surface area contributed by atoms with Crippen LogP contribution in [0.2, 0.25) is 0 Å². The van der Waals surface area contributed by atoms with Gasteiger partial charge in [-0.25, -0.2) is 0 Å². The van der Waals surface area contributed by atoms with Crippen molar-refractivity contribution in [1.29, 1.82) is 0 Å². The van der Waals surface area contributed by atoms with E-state index >= 15 is 0 Å². The van der Waals surface area contributed by atoms with E-state index < -0.39 is 8.72 Å². The maximum absolute atomic E-state index is 10.5. The van der Waals surface area contributed by atoms with E-state index in [1.807, 2.05) is 0 Å². The van der Waals surface area contributed by atoms with Crippen molar-refractivity contribution in [1.82, 2.24) is 10.1 Å². The van der Waals surface area contributed by atoms with Crippen LogP contribution in [0.5, 0.6) is 0 Å². The first-order valence-corrected chi connectivity index (χ1v) is 5.67. The molecule has 0 unspecified atom stereocenters. The zero-order valence-electron chi connectivity index (χ0n) is 8.51. The van der Waals surface area contributed by atoms with Gasteiger partial charge in [-0.15, -0.1) is 0 Å². The molecule has 0 aliphatic rings. The molecule has 0 radical (unpaired) electrons. The average Bonchev–Trinajstić information content (AvgIpc) is 2.78. The Hall–Kier alpha value is -1.37. The van der Waals surface area contributed by atoms with Crippen molar-refractivity contribution in [2.24, 2.45) is 0 Å². The van der Waals surface area contributed by atoms with Crippen LogP contribution in [0.3, 0.4) is 0 Å². The monoisotopic (exact) mass is 307 g/mol. The van der Waals surface area contributed by atoms with Crippen LogP contribution in [-0.4, -0.2) is 15.1 Å². The summed E-state index contributed by atoms with van der Waals surface area (Å²) in [5, 5.41) is 14.1. The third kappa shape index (κ3) is 2.72. The van der Waals surface area contributed by atoms with Gasteiger partial charge in [0.05, 0.1) is 4.92 Å². The normalized spacial score (nSPS) is 11.5. The number of non-ortho nitro benzene ring substituents is 1. The molecule has 1 heterocycles. The molecule has 0 saturated heterocycles. The van der Waals surface area contributed by atoms with Gasteiger partial charge in [0.15, 0.2) is 0 Å². The van der Waals surface area contributed by atoms with E-state index in [1.165, 1.54) is 24.3 Å². The average molecular weight is 309 g/mol. The maximum Gasteiger partial charge on any atom is 0.279 e. The molecule has 0 aliphatic heterocycles. The molecule has 94 valence electrons. The van der Waals surface area contributed by atoms with Crippen LogP contribution < -0.4 is 0 Å². The van der Waals surface area contributed by atoms with Crippen molar-refractivity contribution in [3.8, 4) is 11.4 Å². The minimum Gasteiger partial charge on any atom is -0.334 e. The highest BCUT2D eigenvalue weighted by atomic mass is 35.6. The van der Waals surface area contributed by atoms with Gasteiger partial charge in [-0.1, -0.05) is 40.0 Å². The number of benzene rings is 1. The number of alkyl halides is 3. The fraction of sp³-hybridized carbons (Fsp3) is 0.111. The van der Waals surface area contributed by atoms with Gasteiger partial charge < -0.3 is 4.52 Å². The van der Waals surface area contributed by atoms with Crippen LogP contribution in [0.15, 0.2) is 28.8 Å². The minimum absolute atomic E-state index is 0.0381. The summed E-state index contributed by atoms with van der Waals surface area (Å²) in [5.41, 5.74) is 0.480. The Bertz CT molecular complexity index is 577. The Kier molecular flexibility index (Phi) is 3.43. The van der Waals surface area contributed by atoms with Gasteiger partial charge in [-0.3, -0.25) is 10.1 Å². The van der Waals surface area contributed by atoms with E-state index in [1.54, 1.807) is 0 Å². The molecule has 0 fully saturated rings. The van der Waals surface area contributed by atoms with Crippen LogP contribution >= 0.6 is 34.8 Å². The topological polar surface area (TPSA) is 82.1 Å². The zero-order chi connectivity index (χ0) is 13.3. The summed E-state index contributed by atoms with van der Waals surface area (Å²) in [5.74, 6) is 0.0204. The van der Waals surface area contributed by atoms with Crippen molar-refractivity contribution >= 4 is 40.5 Å². The summed E-state index contributed by atoms with van der Waals surface area (Å²) >= 11 is 16.7. The van der Waals surface area contributed by atoms with Gasteiger partial charge in [-0.2, -0.15) is 4.98 Å². The fourth-order valence-electron chi connectivity index (χ4n) is 1.19.